The van der Waals surface area contributed by atoms with Crippen LogP contribution in [0.4, 0.5) is 17.3 Å². The minimum atomic E-state index is -0.411. The molecule has 2 saturated heterocycles. The molecule has 152 valence electrons. The number of anilines is 3. The first-order chi connectivity index (χ1) is 14.0. The predicted molar refractivity (Wildman–Crippen MR) is 110 cm³/mol. The van der Waals surface area contributed by atoms with Crippen LogP contribution in [0, 0.1) is 19.8 Å². The number of carbonyl (C=O) groups is 2. The van der Waals surface area contributed by atoms with Gasteiger partial charge in [0.2, 0.25) is 11.8 Å². The summed E-state index contributed by atoms with van der Waals surface area (Å²) in [5.74, 6) is 0.564. The second-order valence-electron chi connectivity index (χ2n) is 7.52. The van der Waals surface area contributed by atoms with Gasteiger partial charge in [-0.05, 0) is 37.1 Å². The molecular formula is C21H25N5O3. The van der Waals surface area contributed by atoms with Gasteiger partial charge in [0.1, 0.15) is 18.0 Å². The SMILES string of the molecule is Cc1ccc(N2CC(C(=O)Nc3cc(N4CCOCC4)ncn3)CC2=O)cc1C. The van der Waals surface area contributed by atoms with Crippen LogP contribution in [-0.2, 0) is 14.3 Å². The van der Waals surface area contributed by atoms with Gasteiger partial charge in [0.15, 0.2) is 0 Å². The molecule has 29 heavy (non-hydrogen) atoms. The van der Waals surface area contributed by atoms with Crippen molar-refractivity contribution in [1.29, 1.82) is 0 Å². The quantitative estimate of drug-likeness (QED) is 0.851. The molecule has 1 aromatic carbocycles. The molecule has 2 aliphatic rings. The van der Waals surface area contributed by atoms with Gasteiger partial charge in [-0.15, -0.1) is 0 Å². The Bertz CT molecular complexity index is 926. The summed E-state index contributed by atoms with van der Waals surface area (Å²) >= 11 is 0. The summed E-state index contributed by atoms with van der Waals surface area (Å²) in [5.41, 5.74) is 3.14. The number of aryl methyl sites for hydroxylation is 2. The number of ether oxygens (including phenoxy) is 1. The van der Waals surface area contributed by atoms with Crippen LogP contribution in [0.3, 0.4) is 0 Å². The molecular weight excluding hydrogens is 370 g/mol. The fourth-order valence-electron chi connectivity index (χ4n) is 3.64. The van der Waals surface area contributed by atoms with E-state index in [1.54, 1.807) is 11.0 Å². The Labute approximate surface area is 169 Å². The average molecular weight is 395 g/mol. The van der Waals surface area contributed by atoms with E-state index >= 15 is 0 Å². The molecule has 1 atom stereocenters. The zero-order valence-electron chi connectivity index (χ0n) is 16.7. The minimum Gasteiger partial charge on any atom is -0.378 e. The lowest BCUT2D eigenvalue weighted by atomic mass is 10.1. The van der Waals surface area contributed by atoms with Crippen LogP contribution in [0.2, 0.25) is 0 Å². The Morgan fingerprint density at radius 3 is 2.69 bits per heavy atom. The molecule has 1 aromatic heterocycles. The fraction of sp³-hybridized carbons (Fsp3) is 0.429. The highest BCUT2D eigenvalue weighted by Crippen LogP contribution is 2.27. The summed E-state index contributed by atoms with van der Waals surface area (Å²) < 4.78 is 5.36. The Morgan fingerprint density at radius 2 is 1.93 bits per heavy atom. The third-order valence-corrected chi connectivity index (χ3v) is 5.54. The average Bonchev–Trinajstić information content (AvgIpc) is 3.13. The number of carbonyl (C=O) groups excluding carboxylic acids is 2. The van der Waals surface area contributed by atoms with Crippen molar-refractivity contribution in [2.45, 2.75) is 20.3 Å². The van der Waals surface area contributed by atoms with Crippen molar-refractivity contribution in [3.05, 3.63) is 41.7 Å². The highest BCUT2D eigenvalue weighted by Gasteiger charge is 2.35. The van der Waals surface area contributed by atoms with Crippen LogP contribution in [0.5, 0.6) is 0 Å². The minimum absolute atomic E-state index is 0.0369. The number of rotatable bonds is 4. The zero-order chi connectivity index (χ0) is 20.4. The fourth-order valence-corrected chi connectivity index (χ4v) is 3.64. The number of nitrogens with one attached hydrogen (secondary N) is 1. The standard InChI is InChI=1S/C21H25N5O3/c1-14-3-4-17(9-15(14)2)26-12-16(10-20(26)27)21(28)24-18-11-19(23-13-22-18)25-5-7-29-8-6-25/h3-4,9,11,13,16H,5-8,10,12H2,1-2H3,(H,22,23,24,28). The maximum atomic E-state index is 12.8. The van der Waals surface area contributed by atoms with Crippen LogP contribution < -0.4 is 15.1 Å². The number of morpholine rings is 1. The predicted octanol–water partition coefficient (Wildman–Crippen LogP) is 1.92. The Balaban J connectivity index is 1.42. The molecule has 2 amide bonds. The molecule has 0 saturated carbocycles. The largest absolute Gasteiger partial charge is 0.378 e. The molecule has 2 aliphatic heterocycles. The molecule has 2 fully saturated rings. The van der Waals surface area contributed by atoms with Gasteiger partial charge in [-0.3, -0.25) is 9.59 Å². The first-order valence-corrected chi connectivity index (χ1v) is 9.84. The van der Waals surface area contributed by atoms with Crippen LogP contribution >= 0.6 is 0 Å². The summed E-state index contributed by atoms with van der Waals surface area (Å²) in [5, 5.41) is 2.85. The summed E-state index contributed by atoms with van der Waals surface area (Å²) in [6.07, 6.45) is 1.64. The van der Waals surface area contributed by atoms with Crippen LogP contribution in [0.25, 0.3) is 0 Å². The van der Waals surface area contributed by atoms with Gasteiger partial charge in [-0.25, -0.2) is 9.97 Å². The van der Waals surface area contributed by atoms with Gasteiger partial charge < -0.3 is 19.9 Å². The number of aromatic nitrogens is 2. The molecule has 8 nitrogen and oxygen atoms in total. The summed E-state index contributed by atoms with van der Waals surface area (Å²) in [6, 6.07) is 7.69. The van der Waals surface area contributed by atoms with Gasteiger partial charge in [0.05, 0.1) is 19.1 Å². The van der Waals surface area contributed by atoms with Gasteiger partial charge >= 0.3 is 0 Å². The monoisotopic (exact) mass is 395 g/mol. The molecule has 0 aliphatic carbocycles. The van der Waals surface area contributed by atoms with Crippen molar-refractivity contribution in [3.63, 3.8) is 0 Å². The summed E-state index contributed by atoms with van der Waals surface area (Å²) in [6.45, 7) is 7.25. The Kier molecular flexibility index (Phi) is 5.44. The number of hydrogen-bond acceptors (Lipinski definition) is 6. The number of hydrogen-bond donors (Lipinski definition) is 1. The number of amides is 2. The van der Waals surface area contributed by atoms with Crippen molar-refractivity contribution in [2.75, 3.05) is 48.0 Å². The van der Waals surface area contributed by atoms with Gasteiger partial charge in [0, 0.05) is 37.8 Å². The van der Waals surface area contributed by atoms with E-state index in [9.17, 15) is 9.59 Å². The van der Waals surface area contributed by atoms with Gasteiger partial charge in [0.25, 0.3) is 0 Å². The highest BCUT2D eigenvalue weighted by atomic mass is 16.5. The van der Waals surface area contributed by atoms with Crippen LogP contribution in [0.1, 0.15) is 17.5 Å². The smallest absolute Gasteiger partial charge is 0.230 e. The van der Waals surface area contributed by atoms with Crippen LogP contribution in [-0.4, -0.2) is 54.6 Å². The van der Waals surface area contributed by atoms with E-state index in [0.717, 1.165) is 30.2 Å². The molecule has 1 N–H and O–H groups in total. The van der Waals surface area contributed by atoms with E-state index in [0.29, 0.717) is 25.6 Å². The molecule has 0 spiro atoms. The normalized spacial score (nSPS) is 19.5. The van der Waals surface area contributed by atoms with Crippen molar-refractivity contribution in [3.8, 4) is 0 Å². The third-order valence-electron chi connectivity index (χ3n) is 5.54. The van der Waals surface area contributed by atoms with Crippen LogP contribution in [0.15, 0.2) is 30.6 Å². The maximum Gasteiger partial charge on any atom is 0.230 e. The van der Waals surface area contributed by atoms with Crippen molar-refractivity contribution >= 4 is 29.1 Å². The number of nitrogens with zero attached hydrogens (tertiary/aromatic N) is 4. The molecule has 1 unspecified atom stereocenters. The topological polar surface area (TPSA) is 87.7 Å². The van der Waals surface area contributed by atoms with E-state index in [1.807, 2.05) is 32.0 Å². The second kappa shape index (κ2) is 8.16. The Hall–Kier alpha value is -3.00. The molecule has 0 bridgehead atoms. The first kappa shape index (κ1) is 19.3. The van der Waals surface area contributed by atoms with E-state index in [4.69, 9.17) is 4.74 Å². The van der Waals surface area contributed by atoms with E-state index < -0.39 is 5.92 Å². The third kappa shape index (κ3) is 4.22. The first-order valence-electron chi connectivity index (χ1n) is 9.84. The molecule has 2 aromatic rings. The molecule has 8 heteroatoms. The van der Waals surface area contributed by atoms with E-state index in [1.165, 1.54) is 11.9 Å². The van der Waals surface area contributed by atoms with Gasteiger partial charge in [-0.1, -0.05) is 6.07 Å². The highest BCUT2D eigenvalue weighted by molar-refractivity contribution is 6.03. The summed E-state index contributed by atoms with van der Waals surface area (Å²) in [4.78, 5) is 37.5. The molecule has 4 rings (SSSR count). The lowest BCUT2D eigenvalue weighted by molar-refractivity contribution is -0.122. The Morgan fingerprint density at radius 1 is 1.14 bits per heavy atom. The van der Waals surface area contributed by atoms with E-state index in [2.05, 4.69) is 20.2 Å². The molecule has 0 radical (unpaired) electrons. The molecule has 3 heterocycles. The van der Waals surface area contributed by atoms with Crippen molar-refractivity contribution < 1.29 is 14.3 Å². The van der Waals surface area contributed by atoms with Crippen molar-refractivity contribution in [2.24, 2.45) is 5.92 Å². The lowest BCUT2D eigenvalue weighted by Gasteiger charge is -2.27. The van der Waals surface area contributed by atoms with E-state index in [-0.39, 0.29) is 18.2 Å². The maximum absolute atomic E-state index is 12.8. The number of benzene rings is 1. The van der Waals surface area contributed by atoms with Gasteiger partial charge in [-0.2, -0.15) is 0 Å². The summed E-state index contributed by atoms with van der Waals surface area (Å²) in [7, 11) is 0. The van der Waals surface area contributed by atoms with Crippen molar-refractivity contribution in [1.82, 2.24) is 9.97 Å². The lowest BCUT2D eigenvalue weighted by Crippen LogP contribution is -2.36. The second-order valence-corrected chi connectivity index (χ2v) is 7.52. The zero-order valence-corrected chi connectivity index (χ0v) is 16.7.